The Balaban J connectivity index is 1.14. The lowest BCUT2D eigenvalue weighted by Gasteiger charge is -2.22. The molecule has 0 radical (unpaired) electrons. The molecule has 0 N–H and O–H groups in total. The van der Waals surface area contributed by atoms with Gasteiger partial charge in [0.1, 0.15) is 34.1 Å². The van der Waals surface area contributed by atoms with Crippen molar-refractivity contribution in [3.63, 3.8) is 0 Å². The highest BCUT2D eigenvalue weighted by Crippen LogP contribution is 2.52. The van der Waals surface area contributed by atoms with Gasteiger partial charge in [-0.1, -0.05) is 146 Å². The van der Waals surface area contributed by atoms with Gasteiger partial charge in [-0.15, -0.1) is 0 Å². The van der Waals surface area contributed by atoms with Crippen LogP contribution in [0.4, 0.5) is 0 Å². The minimum absolute atomic E-state index is 0.167. The van der Waals surface area contributed by atoms with Gasteiger partial charge < -0.3 is 27.6 Å². The van der Waals surface area contributed by atoms with E-state index in [1.807, 2.05) is 133 Å². The number of fused-ring (bicyclic) bond motifs is 8. The average Bonchev–Trinajstić information content (AvgIpc) is 3.33. The van der Waals surface area contributed by atoms with Crippen molar-refractivity contribution in [1.29, 1.82) is 0 Å². The van der Waals surface area contributed by atoms with Crippen molar-refractivity contribution in [1.82, 2.24) is 0 Å². The van der Waals surface area contributed by atoms with Crippen molar-refractivity contribution < 1.29 is 37.2 Å². The van der Waals surface area contributed by atoms with Gasteiger partial charge in [0.05, 0.1) is 14.2 Å². The highest BCUT2D eigenvalue weighted by Gasteiger charge is 2.29. The van der Waals surface area contributed by atoms with Gasteiger partial charge in [-0.2, -0.15) is 0 Å². The van der Waals surface area contributed by atoms with Gasteiger partial charge in [0.2, 0.25) is 0 Å². The summed E-state index contributed by atoms with van der Waals surface area (Å²) in [4.78, 5) is 27.7. The molecule has 10 heteroatoms. The zero-order valence-corrected chi connectivity index (χ0v) is 35.4. The molecule has 0 aliphatic carbocycles. The predicted molar refractivity (Wildman–Crippen MR) is 252 cm³/mol. The van der Waals surface area contributed by atoms with Gasteiger partial charge in [-0.25, -0.2) is 9.59 Å². The maximum Gasteiger partial charge on any atom is 0.341 e. The van der Waals surface area contributed by atoms with E-state index in [-0.39, 0.29) is 22.6 Å². The number of methoxy groups -OCH3 is 2. The fourth-order valence-corrected chi connectivity index (χ4v) is 9.50. The third-order valence-electron chi connectivity index (χ3n) is 11.1. The molecule has 0 bridgehead atoms. The lowest BCUT2D eigenvalue weighted by molar-refractivity contribution is 0.0589. The third kappa shape index (κ3) is 6.94. The Morgan fingerprint density at radius 3 is 1.03 bits per heavy atom. The smallest absolute Gasteiger partial charge is 0.341 e. The molecule has 62 heavy (non-hydrogen) atoms. The summed E-state index contributed by atoms with van der Waals surface area (Å²) in [5.41, 5.74) is 1.34. The molecule has 0 aliphatic heterocycles. The quantitative estimate of drug-likeness (QED) is 0.0722. The molecule has 0 aliphatic rings. The molecule has 10 rings (SSSR count). The molecule has 0 heterocycles. The summed E-state index contributed by atoms with van der Waals surface area (Å²) < 4.78 is 37.2. The van der Waals surface area contributed by atoms with Gasteiger partial charge >= 0.3 is 11.9 Å². The second-order valence-electron chi connectivity index (χ2n) is 14.5. The number of esters is 2. The van der Waals surface area contributed by atoms with E-state index in [2.05, 4.69) is 24.3 Å². The summed E-state index contributed by atoms with van der Waals surface area (Å²) in [6, 6.07) is 55.2. The number of hydrogen-bond acceptors (Lipinski definition) is 8. The summed E-state index contributed by atoms with van der Waals surface area (Å²) >= 11 is 0. The molecule has 0 saturated heterocycles. The number of hydrogen-bond donors (Lipinski definition) is 0. The molecule has 8 nitrogen and oxygen atoms in total. The topological polar surface area (TPSA) is 89.5 Å². The monoisotopic (exact) mass is 850 g/mol. The van der Waals surface area contributed by atoms with E-state index in [4.69, 9.17) is 27.6 Å². The van der Waals surface area contributed by atoms with Crippen molar-refractivity contribution in [2.75, 3.05) is 14.2 Å². The Morgan fingerprint density at radius 1 is 0.355 bits per heavy atom. The molecule has 10 aromatic carbocycles. The summed E-state index contributed by atoms with van der Waals surface area (Å²) in [5.74, 6) is 0.415. The van der Waals surface area contributed by atoms with Gasteiger partial charge in [0.15, 0.2) is 0 Å². The van der Waals surface area contributed by atoms with Crippen LogP contribution < -0.4 is 18.1 Å². The SMILES string of the molecule is COC(=O)c1cc2ccccc2c(-c2c(OPOc3cc4ccccc4c4ccccc34)c(C(=O)OC)cc3ccccc23)c1OPOc1cc2ccccc2c2ccccc12. The van der Waals surface area contributed by atoms with Crippen LogP contribution in [0.25, 0.3) is 75.8 Å². The van der Waals surface area contributed by atoms with Crippen molar-refractivity contribution >= 4 is 94.6 Å². The van der Waals surface area contributed by atoms with Crippen LogP contribution in [0.3, 0.4) is 0 Å². The number of carbonyl (C=O) groups excluding carboxylic acids is 2. The highest BCUT2D eigenvalue weighted by molar-refractivity contribution is 7.27. The summed E-state index contributed by atoms with van der Waals surface area (Å²) in [6.07, 6.45) is 0. The normalized spacial score (nSPS) is 11.7. The lowest BCUT2D eigenvalue weighted by Crippen LogP contribution is -2.08. The molecule has 0 spiro atoms. The third-order valence-corrected chi connectivity index (χ3v) is 12.3. The first-order valence-corrected chi connectivity index (χ1v) is 21.4. The predicted octanol–water partition coefficient (Wildman–Crippen LogP) is 13.8. The first-order chi connectivity index (χ1) is 30.5. The molecular weight excluding hydrogens is 815 g/mol. The molecule has 2 atom stereocenters. The van der Waals surface area contributed by atoms with E-state index in [1.165, 1.54) is 14.2 Å². The van der Waals surface area contributed by atoms with Crippen molar-refractivity contribution in [3.05, 3.63) is 181 Å². The number of carbonyl (C=O) groups is 2. The molecule has 10 aromatic rings. The minimum atomic E-state index is -0.614. The number of benzene rings is 10. The highest BCUT2D eigenvalue weighted by atomic mass is 31.1. The summed E-state index contributed by atoms with van der Waals surface area (Å²) in [6.45, 7) is 0. The number of ether oxygens (including phenoxy) is 2. The zero-order chi connectivity index (χ0) is 42.2. The minimum Gasteiger partial charge on any atom is -0.465 e. The molecule has 0 fully saturated rings. The van der Waals surface area contributed by atoms with Crippen LogP contribution in [0, 0.1) is 0 Å². The van der Waals surface area contributed by atoms with E-state index in [0.29, 0.717) is 22.6 Å². The van der Waals surface area contributed by atoms with Crippen molar-refractivity contribution in [3.8, 4) is 34.1 Å². The fourth-order valence-electron chi connectivity index (χ4n) is 8.31. The van der Waals surface area contributed by atoms with E-state index >= 15 is 0 Å². The number of rotatable bonds is 11. The van der Waals surface area contributed by atoms with Crippen molar-refractivity contribution in [2.24, 2.45) is 0 Å². The second-order valence-corrected chi connectivity index (χ2v) is 15.7. The molecule has 302 valence electrons. The zero-order valence-electron chi connectivity index (χ0n) is 33.4. The second kappa shape index (κ2) is 16.7. The Kier molecular flexibility index (Phi) is 10.5. The van der Waals surface area contributed by atoms with Gasteiger partial charge in [-0.05, 0) is 78.1 Å². The van der Waals surface area contributed by atoms with Crippen LogP contribution >= 0.6 is 18.1 Å². The largest absolute Gasteiger partial charge is 0.465 e. The Morgan fingerprint density at radius 2 is 0.661 bits per heavy atom. The Hall–Kier alpha value is -7.24. The first kappa shape index (κ1) is 38.9. The Bertz CT molecular complexity index is 3180. The molecular formula is C52H36O8P2. The van der Waals surface area contributed by atoms with Gasteiger partial charge in [-0.3, -0.25) is 0 Å². The van der Waals surface area contributed by atoms with Crippen molar-refractivity contribution in [2.45, 2.75) is 0 Å². The summed E-state index contributed by atoms with van der Waals surface area (Å²) in [7, 11) is 1.45. The summed E-state index contributed by atoms with van der Waals surface area (Å²) in [5, 5.41) is 11.1. The fraction of sp³-hybridized carbons (Fsp3) is 0.0385. The maximum absolute atomic E-state index is 13.9. The van der Waals surface area contributed by atoms with E-state index in [9.17, 15) is 9.59 Å². The van der Waals surface area contributed by atoms with E-state index in [1.54, 1.807) is 12.1 Å². The van der Waals surface area contributed by atoms with Gasteiger partial charge in [0, 0.05) is 21.9 Å². The lowest BCUT2D eigenvalue weighted by atomic mass is 9.89. The van der Waals surface area contributed by atoms with Gasteiger partial charge in [0.25, 0.3) is 18.1 Å². The average molecular weight is 851 g/mol. The molecule has 0 aromatic heterocycles. The molecule has 0 saturated carbocycles. The van der Waals surface area contributed by atoms with Crippen LogP contribution in [-0.4, -0.2) is 26.2 Å². The molecule has 0 amide bonds. The van der Waals surface area contributed by atoms with Crippen LogP contribution in [0.1, 0.15) is 20.7 Å². The standard InChI is InChI=1S/C52H36O8P2/c1-55-51(53)43-27-31-15-5-9-21-37(31)47(49(43)59-61-57-45-29-33-17-3-7-19-35(33)39-23-11-13-25-41(39)45)48-38-22-10-6-16-32(38)28-44(52(54)56-2)50(48)60-62-58-46-30-34-18-4-8-20-36(34)40-24-12-14-26-42(40)46/h3-30,61-62H,1-2H3. The maximum atomic E-state index is 13.9. The molecule has 2 unspecified atom stereocenters. The van der Waals surface area contributed by atoms with Crippen LogP contribution in [0.15, 0.2) is 170 Å². The van der Waals surface area contributed by atoms with E-state index < -0.39 is 30.0 Å². The Labute approximate surface area is 359 Å². The van der Waals surface area contributed by atoms with Crippen LogP contribution in [-0.2, 0) is 9.47 Å². The first-order valence-electron chi connectivity index (χ1n) is 19.8. The van der Waals surface area contributed by atoms with Crippen LogP contribution in [0.2, 0.25) is 0 Å². The van der Waals surface area contributed by atoms with E-state index in [0.717, 1.165) is 64.6 Å². The van der Waals surface area contributed by atoms with Crippen LogP contribution in [0.5, 0.6) is 23.0 Å².